The molecule has 0 saturated heterocycles. The lowest BCUT2D eigenvalue weighted by Crippen LogP contribution is -2.38. The van der Waals surface area contributed by atoms with Gasteiger partial charge in [-0.2, -0.15) is 0 Å². The van der Waals surface area contributed by atoms with E-state index in [1.54, 1.807) is 24.3 Å². The van der Waals surface area contributed by atoms with E-state index in [9.17, 15) is 24.5 Å². The Morgan fingerprint density at radius 3 is 2.70 bits per heavy atom. The number of hydrogen-bond donors (Lipinski definition) is 1. The number of nitrogens with one attached hydrogen (secondary N) is 1. The number of aromatic nitrogens is 2. The number of hydrogen-bond acceptors (Lipinski definition) is 6. The van der Waals surface area contributed by atoms with Gasteiger partial charge in [0.25, 0.3) is 11.2 Å². The predicted octanol–water partition coefficient (Wildman–Crippen LogP) is 2.06. The zero-order valence-electron chi connectivity index (χ0n) is 15.7. The van der Waals surface area contributed by atoms with Crippen molar-refractivity contribution in [2.45, 2.75) is 6.54 Å². The van der Waals surface area contributed by atoms with E-state index < -0.39 is 22.3 Å². The Morgan fingerprint density at radius 2 is 2.00 bits per heavy atom. The molecule has 2 amide bonds. The van der Waals surface area contributed by atoms with E-state index in [1.165, 1.54) is 30.1 Å². The minimum atomic E-state index is -0.585. The number of nitrogens with zero attached hydrogens (tertiary/aromatic N) is 4. The van der Waals surface area contributed by atoms with Gasteiger partial charge < -0.3 is 10.2 Å². The summed E-state index contributed by atoms with van der Waals surface area (Å²) in [5.74, 6) is -0.940. The number of carbonyl (C=O) groups excluding carboxylic acids is 2. The largest absolute Gasteiger partial charge is 0.335 e. The summed E-state index contributed by atoms with van der Waals surface area (Å²) in [6.07, 6.45) is 1.14. The van der Waals surface area contributed by atoms with Gasteiger partial charge in [0, 0.05) is 19.2 Å². The Labute approximate surface area is 174 Å². The van der Waals surface area contributed by atoms with E-state index in [1.807, 2.05) is 0 Å². The van der Waals surface area contributed by atoms with Crippen LogP contribution in [0.25, 0.3) is 10.9 Å². The van der Waals surface area contributed by atoms with Gasteiger partial charge in [-0.3, -0.25) is 29.1 Å². The molecule has 10 nitrogen and oxygen atoms in total. The van der Waals surface area contributed by atoms with E-state index in [4.69, 9.17) is 11.6 Å². The van der Waals surface area contributed by atoms with Crippen LogP contribution in [0.5, 0.6) is 0 Å². The van der Waals surface area contributed by atoms with E-state index >= 15 is 0 Å². The number of para-hydroxylation sites is 1. The Morgan fingerprint density at radius 1 is 1.27 bits per heavy atom. The molecule has 30 heavy (non-hydrogen) atoms. The number of nitro benzene ring substituents is 1. The maximum atomic E-state index is 12.6. The first kappa shape index (κ1) is 20.9. The van der Waals surface area contributed by atoms with Crippen molar-refractivity contribution in [3.05, 3.63) is 74.3 Å². The monoisotopic (exact) mass is 429 g/mol. The van der Waals surface area contributed by atoms with Crippen molar-refractivity contribution in [3.8, 4) is 0 Å². The predicted molar refractivity (Wildman–Crippen MR) is 110 cm³/mol. The average molecular weight is 430 g/mol. The van der Waals surface area contributed by atoms with Crippen LogP contribution in [-0.4, -0.2) is 44.8 Å². The van der Waals surface area contributed by atoms with Crippen LogP contribution in [-0.2, 0) is 16.1 Å². The highest BCUT2D eigenvalue weighted by atomic mass is 35.5. The lowest BCUT2D eigenvalue weighted by atomic mass is 10.2. The van der Waals surface area contributed by atoms with Gasteiger partial charge in [0.1, 0.15) is 6.54 Å². The molecule has 0 fully saturated rings. The fourth-order valence-electron chi connectivity index (χ4n) is 2.70. The first-order valence-corrected chi connectivity index (χ1v) is 9.06. The van der Waals surface area contributed by atoms with Crippen molar-refractivity contribution in [1.82, 2.24) is 14.5 Å². The second-order valence-corrected chi connectivity index (χ2v) is 6.82. The summed E-state index contributed by atoms with van der Waals surface area (Å²) >= 11 is 5.99. The molecule has 0 radical (unpaired) electrons. The molecule has 0 aliphatic heterocycles. The van der Waals surface area contributed by atoms with Crippen molar-refractivity contribution in [1.29, 1.82) is 0 Å². The lowest BCUT2D eigenvalue weighted by Gasteiger charge is -2.17. The Hall–Kier alpha value is -3.79. The van der Waals surface area contributed by atoms with Crippen molar-refractivity contribution in [2.75, 3.05) is 18.9 Å². The van der Waals surface area contributed by atoms with Crippen molar-refractivity contribution in [2.24, 2.45) is 0 Å². The second-order valence-electron chi connectivity index (χ2n) is 6.41. The molecule has 0 saturated carbocycles. The molecule has 3 rings (SSSR count). The van der Waals surface area contributed by atoms with Crippen LogP contribution < -0.4 is 10.9 Å². The summed E-state index contributed by atoms with van der Waals surface area (Å²) in [6.45, 7) is -0.583. The molecule has 0 atom stereocenters. The van der Waals surface area contributed by atoms with Gasteiger partial charge in [0.15, 0.2) is 0 Å². The van der Waals surface area contributed by atoms with Crippen LogP contribution in [0.15, 0.2) is 53.6 Å². The number of amides is 2. The number of benzene rings is 2. The van der Waals surface area contributed by atoms with Crippen LogP contribution in [0.2, 0.25) is 5.02 Å². The third kappa shape index (κ3) is 4.61. The van der Waals surface area contributed by atoms with E-state index in [0.29, 0.717) is 10.7 Å². The standard InChI is InChI=1S/C19H16ClN5O5/c1-23(9-17(26)22-15-5-3-2-4-14(15)20)18(27)10-24-11-21-16-8-12(25(29)30)6-7-13(16)19(24)28/h2-8,11H,9-10H2,1H3,(H,22,26). The zero-order chi connectivity index (χ0) is 21.8. The summed E-state index contributed by atoms with van der Waals surface area (Å²) < 4.78 is 1.08. The number of likely N-dealkylation sites (N-methyl/N-ethyl adjacent to an activating group) is 1. The molecular weight excluding hydrogens is 414 g/mol. The first-order chi connectivity index (χ1) is 14.3. The quantitative estimate of drug-likeness (QED) is 0.472. The number of fused-ring (bicyclic) bond motifs is 1. The first-order valence-electron chi connectivity index (χ1n) is 8.68. The number of carbonyl (C=O) groups is 2. The molecule has 0 bridgehead atoms. The Bertz CT molecular complexity index is 1210. The van der Waals surface area contributed by atoms with E-state index in [2.05, 4.69) is 10.3 Å². The molecule has 0 aliphatic carbocycles. The van der Waals surface area contributed by atoms with Gasteiger partial charge in [-0.25, -0.2) is 4.98 Å². The van der Waals surface area contributed by atoms with Gasteiger partial charge in [-0.15, -0.1) is 0 Å². The molecule has 1 aromatic heterocycles. The highest BCUT2D eigenvalue weighted by Crippen LogP contribution is 2.20. The van der Waals surface area contributed by atoms with Crippen LogP contribution in [0.3, 0.4) is 0 Å². The van der Waals surface area contributed by atoms with E-state index in [-0.39, 0.29) is 29.7 Å². The molecule has 2 aromatic carbocycles. The molecule has 1 heterocycles. The maximum Gasteiger partial charge on any atom is 0.271 e. The SMILES string of the molecule is CN(CC(=O)Nc1ccccc1Cl)C(=O)Cn1cnc2cc([N+](=O)[O-])ccc2c1=O. The fourth-order valence-corrected chi connectivity index (χ4v) is 2.88. The van der Waals surface area contributed by atoms with Gasteiger partial charge in [0.05, 0.1) is 39.4 Å². The molecule has 11 heteroatoms. The molecule has 3 aromatic rings. The number of anilines is 1. The highest BCUT2D eigenvalue weighted by molar-refractivity contribution is 6.33. The summed E-state index contributed by atoms with van der Waals surface area (Å²) in [6, 6.07) is 10.4. The smallest absolute Gasteiger partial charge is 0.271 e. The molecule has 154 valence electrons. The van der Waals surface area contributed by atoms with Gasteiger partial charge in [-0.05, 0) is 18.2 Å². The molecule has 0 unspecified atom stereocenters. The minimum Gasteiger partial charge on any atom is -0.335 e. The van der Waals surface area contributed by atoms with Crippen molar-refractivity contribution < 1.29 is 14.5 Å². The van der Waals surface area contributed by atoms with Crippen molar-refractivity contribution >= 4 is 45.7 Å². The number of halogens is 1. The third-order valence-electron chi connectivity index (χ3n) is 4.28. The lowest BCUT2D eigenvalue weighted by molar-refractivity contribution is -0.384. The second kappa shape index (κ2) is 8.70. The molecular formula is C19H16ClN5O5. The third-order valence-corrected chi connectivity index (χ3v) is 4.61. The fraction of sp³-hybridized carbons (Fsp3) is 0.158. The summed E-state index contributed by atoms with van der Waals surface area (Å²) in [4.78, 5) is 52.6. The number of non-ortho nitro benzene ring substituents is 1. The van der Waals surface area contributed by atoms with Crippen LogP contribution >= 0.6 is 11.6 Å². The Kier molecular flexibility index (Phi) is 6.07. The normalized spacial score (nSPS) is 10.6. The topological polar surface area (TPSA) is 127 Å². The van der Waals surface area contributed by atoms with Gasteiger partial charge in [0.2, 0.25) is 11.8 Å². The van der Waals surface area contributed by atoms with Crippen LogP contribution in [0, 0.1) is 10.1 Å². The number of nitro groups is 1. The van der Waals surface area contributed by atoms with Crippen LogP contribution in [0.4, 0.5) is 11.4 Å². The summed E-state index contributed by atoms with van der Waals surface area (Å²) in [5, 5.41) is 14.0. The summed E-state index contributed by atoms with van der Waals surface area (Å²) in [7, 11) is 1.43. The molecule has 1 N–H and O–H groups in total. The number of rotatable bonds is 6. The van der Waals surface area contributed by atoms with E-state index in [0.717, 1.165) is 10.9 Å². The Balaban J connectivity index is 1.69. The summed E-state index contributed by atoms with van der Waals surface area (Å²) in [5.41, 5.74) is -0.121. The highest BCUT2D eigenvalue weighted by Gasteiger charge is 2.16. The van der Waals surface area contributed by atoms with Gasteiger partial charge >= 0.3 is 0 Å². The van der Waals surface area contributed by atoms with Crippen molar-refractivity contribution in [3.63, 3.8) is 0 Å². The average Bonchev–Trinajstić information content (AvgIpc) is 2.71. The molecule has 0 spiro atoms. The van der Waals surface area contributed by atoms with Crippen LogP contribution in [0.1, 0.15) is 0 Å². The molecule has 0 aliphatic rings. The van der Waals surface area contributed by atoms with Gasteiger partial charge in [-0.1, -0.05) is 23.7 Å². The zero-order valence-corrected chi connectivity index (χ0v) is 16.5. The minimum absolute atomic E-state index is 0.148. The maximum absolute atomic E-state index is 12.6.